The second kappa shape index (κ2) is 8.12. The Labute approximate surface area is 164 Å². The van der Waals surface area contributed by atoms with Crippen LogP contribution in [-0.4, -0.2) is 58.1 Å². The Hall–Kier alpha value is -2.71. The molecule has 1 fully saturated rings. The van der Waals surface area contributed by atoms with E-state index in [4.69, 9.17) is 9.26 Å². The zero-order chi connectivity index (χ0) is 19.5. The van der Waals surface area contributed by atoms with Gasteiger partial charge in [-0.1, -0.05) is 37.2 Å². The van der Waals surface area contributed by atoms with Gasteiger partial charge in [-0.15, -0.1) is 0 Å². The van der Waals surface area contributed by atoms with Crippen LogP contribution in [0.3, 0.4) is 0 Å². The second-order valence-electron chi connectivity index (χ2n) is 7.49. The first kappa shape index (κ1) is 18.6. The maximum Gasteiger partial charge on any atom is 0.282 e. The van der Waals surface area contributed by atoms with Crippen LogP contribution in [0.25, 0.3) is 17.3 Å². The fourth-order valence-electron chi connectivity index (χ4n) is 3.14. The number of ether oxygens (including phenoxy) is 1. The Morgan fingerprint density at radius 2 is 2.11 bits per heavy atom. The van der Waals surface area contributed by atoms with E-state index in [0.29, 0.717) is 35.7 Å². The SMILES string of the molecule is CC(C)COc1cn(-c2ccccc2)nc1-c1nc(C2CNCCN2C)no1. The molecule has 1 N–H and O–H groups in total. The molecule has 3 aromatic rings. The third kappa shape index (κ3) is 3.93. The van der Waals surface area contributed by atoms with Crippen LogP contribution in [-0.2, 0) is 0 Å². The topological polar surface area (TPSA) is 81.2 Å². The minimum Gasteiger partial charge on any atom is -0.489 e. The van der Waals surface area contributed by atoms with E-state index in [1.54, 1.807) is 4.68 Å². The van der Waals surface area contributed by atoms with Crippen LogP contribution in [0.2, 0.25) is 0 Å². The number of hydrogen-bond donors (Lipinski definition) is 1. The van der Waals surface area contributed by atoms with E-state index >= 15 is 0 Å². The van der Waals surface area contributed by atoms with Gasteiger partial charge in [-0.2, -0.15) is 10.1 Å². The van der Waals surface area contributed by atoms with E-state index in [1.165, 1.54) is 0 Å². The molecule has 0 saturated carbocycles. The number of piperazine rings is 1. The molecule has 1 aliphatic rings. The van der Waals surface area contributed by atoms with Gasteiger partial charge in [-0.05, 0) is 25.1 Å². The van der Waals surface area contributed by atoms with E-state index in [-0.39, 0.29) is 6.04 Å². The van der Waals surface area contributed by atoms with E-state index in [0.717, 1.165) is 25.3 Å². The molecule has 148 valence electrons. The molecule has 0 bridgehead atoms. The van der Waals surface area contributed by atoms with E-state index in [1.807, 2.05) is 36.5 Å². The minimum atomic E-state index is 0.0856. The third-order valence-electron chi connectivity index (χ3n) is 4.73. The molecule has 0 aliphatic carbocycles. The van der Waals surface area contributed by atoms with E-state index < -0.39 is 0 Å². The van der Waals surface area contributed by atoms with Crippen molar-refractivity contribution in [1.29, 1.82) is 0 Å². The maximum absolute atomic E-state index is 6.00. The smallest absolute Gasteiger partial charge is 0.282 e. The number of likely N-dealkylation sites (N-methyl/N-ethyl adjacent to an activating group) is 1. The summed E-state index contributed by atoms with van der Waals surface area (Å²) in [6.45, 7) is 7.51. The summed E-state index contributed by atoms with van der Waals surface area (Å²) < 4.78 is 13.4. The largest absolute Gasteiger partial charge is 0.489 e. The Morgan fingerprint density at radius 3 is 2.86 bits per heavy atom. The van der Waals surface area contributed by atoms with Gasteiger partial charge in [0.2, 0.25) is 0 Å². The molecule has 28 heavy (non-hydrogen) atoms. The van der Waals surface area contributed by atoms with Gasteiger partial charge >= 0.3 is 0 Å². The van der Waals surface area contributed by atoms with Crippen LogP contribution in [0.15, 0.2) is 41.1 Å². The molecule has 1 aliphatic heterocycles. The van der Waals surface area contributed by atoms with Crippen molar-refractivity contribution in [2.45, 2.75) is 19.9 Å². The Kier molecular flexibility index (Phi) is 5.40. The van der Waals surface area contributed by atoms with Crippen molar-refractivity contribution in [2.24, 2.45) is 5.92 Å². The van der Waals surface area contributed by atoms with Crippen LogP contribution < -0.4 is 10.1 Å². The number of nitrogens with zero attached hydrogens (tertiary/aromatic N) is 5. The fourth-order valence-corrected chi connectivity index (χ4v) is 3.14. The van der Waals surface area contributed by atoms with Crippen molar-refractivity contribution in [2.75, 3.05) is 33.3 Å². The summed E-state index contributed by atoms with van der Waals surface area (Å²) in [5.74, 6) is 2.08. The highest BCUT2D eigenvalue weighted by atomic mass is 16.5. The first-order chi connectivity index (χ1) is 13.6. The number of nitrogens with one attached hydrogen (secondary N) is 1. The minimum absolute atomic E-state index is 0.0856. The third-order valence-corrected chi connectivity index (χ3v) is 4.73. The van der Waals surface area contributed by atoms with Crippen LogP contribution >= 0.6 is 0 Å². The van der Waals surface area contributed by atoms with E-state index in [2.05, 4.69) is 46.4 Å². The molecule has 1 unspecified atom stereocenters. The van der Waals surface area contributed by atoms with Crippen molar-refractivity contribution in [1.82, 2.24) is 30.1 Å². The fraction of sp³-hybridized carbons (Fsp3) is 0.450. The molecule has 3 heterocycles. The number of hydrogen-bond acceptors (Lipinski definition) is 7. The summed E-state index contributed by atoms with van der Waals surface area (Å²) in [6, 6.07) is 9.99. The molecular weight excluding hydrogens is 356 g/mol. The summed E-state index contributed by atoms with van der Waals surface area (Å²) in [6.07, 6.45) is 1.87. The lowest BCUT2D eigenvalue weighted by molar-refractivity contribution is 0.190. The number of rotatable bonds is 6. The molecule has 8 nitrogen and oxygen atoms in total. The predicted molar refractivity (Wildman–Crippen MR) is 105 cm³/mol. The van der Waals surface area contributed by atoms with Crippen LogP contribution in [0.1, 0.15) is 25.7 Å². The van der Waals surface area contributed by atoms with Gasteiger partial charge in [0, 0.05) is 19.6 Å². The van der Waals surface area contributed by atoms with Gasteiger partial charge in [0.15, 0.2) is 17.3 Å². The molecule has 0 spiro atoms. The Bertz CT molecular complexity index is 905. The average molecular weight is 382 g/mol. The number of para-hydroxylation sites is 1. The summed E-state index contributed by atoms with van der Waals surface area (Å²) in [7, 11) is 2.07. The molecule has 8 heteroatoms. The molecule has 2 aromatic heterocycles. The highest BCUT2D eigenvalue weighted by molar-refractivity contribution is 5.57. The zero-order valence-corrected chi connectivity index (χ0v) is 16.5. The van der Waals surface area contributed by atoms with Crippen molar-refractivity contribution in [3.05, 3.63) is 42.4 Å². The van der Waals surface area contributed by atoms with Gasteiger partial charge in [-0.25, -0.2) is 4.68 Å². The van der Waals surface area contributed by atoms with Crippen molar-refractivity contribution in [3.8, 4) is 23.0 Å². The summed E-state index contributed by atoms with van der Waals surface area (Å²) in [5, 5.41) is 12.3. The lowest BCUT2D eigenvalue weighted by atomic mass is 10.2. The highest BCUT2D eigenvalue weighted by Gasteiger charge is 2.27. The Morgan fingerprint density at radius 1 is 1.29 bits per heavy atom. The molecular formula is C20H26N6O2. The Balaban J connectivity index is 1.66. The van der Waals surface area contributed by atoms with Gasteiger partial charge in [0.1, 0.15) is 0 Å². The first-order valence-corrected chi connectivity index (χ1v) is 9.64. The van der Waals surface area contributed by atoms with Crippen molar-refractivity contribution in [3.63, 3.8) is 0 Å². The molecule has 0 radical (unpaired) electrons. The van der Waals surface area contributed by atoms with Gasteiger partial charge in [-0.3, -0.25) is 4.90 Å². The monoisotopic (exact) mass is 382 g/mol. The van der Waals surface area contributed by atoms with Gasteiger partial charge < -0.3 is 14.6 Å². The summed E-state index contributed by atoms with van der Waals surface area (Å²) in [4.78, 5) is 6.86. The van der Waals surface area contributed by atoms with Crippen molar-refractivity contribution >= 4 is 0 Å². The van der Waals surface area contributed by atoms with Crippen LogP contribution in [0, 0.1) is 5.92 Å². The second-order valence-corrected chi connectivity index (χ2v) is 7.49. The average Bonchev–Trinajstić information content (AvgIpc) is 3.34. The lowest BCUT2D eigenvalue weighted by Crippen LogP contribution is -2.44. The molecule has 0 amide bonds. The normalized spacial score (nSPS) is 17.9. The summed E-state index contributed by atoms with van der Waals surface area (Å²) in [5.41, 5.74) is 1.51. The van der Waals surface area contributed by atoms with Crippen LogP contribution in [0.5, 0.6) is 5.75 Å². The molecule has 1 atom stereocenters. The van der Waals surface area contributed by atoms with E-state index in [9.17, 15) is 0 Å². The number of aromatic nitrogens is 4. The molecule has 4 rings (SSSR count). The lowest BCUT2D eigenvalue weighted by Gasteiger charge is -2.30. The number of benzene rings is 1. The predicted octanol–water partition coefficient (Wildman–Crippen LogP) is 2.53. The molecule has 1 aromatic carbocycles. The quantitative estimate of drug-likeness (QED) is 0.701. The molecule has 1 saturated heterocycles. The first-order valence-electron chi connectivity index (χ1n) is 9.64. The zero-order valence-electron chi connectivity index (χ0n) is 16.5. The van der Waals surface area contributed by atoms with Crippen LogP contribution in [0.4, 0.5) is 0 Å². The maximum atomic E-state index is 6.00. The standard InChI is InChI=1S/C20H26N6O2/c1-14(2)13-27-17-12-26(15-7-5-4-6-8-15)23-18(17)20-22-19(24-28-20)16-11-21-9-10-25(16)3/h4-8,12,14,16,21H,9-11,13H2,1-3H3. The highest BCUT2D eigenvalue weighted by Crippen LogP contribution is 2.30. The summed E-state index contributed by atoms with van der Waals surface area (Å²) >= 11 is 0. The van der Waals surface area contributed by atoms with Gasteiger partial charge in [0.25, 0.3) is 5.89 Å². The van der Waals surface area contributed by atoms with Gasteiger partial charge in [0.05, 0.1) is 24.5 Å². The van der Waals surface area contributed by atoms with Crippen molar-refractivity contribution < 1.29 is 9.26 Å².